The van der Waals surface area contributed by atoms with Crippen LogP contribution >= 0.6 is 0 Å². The lowest BCUT2D eigenvalue weighted by Crippen LogP contribution is -2.46. The molecule has 2 aliphatic heterocycles. The molecule has 1 saturated heterocycles. The first kappa shape index (κ1) is 42.7. The Morgan fingerprint density at radius 1 is 1.07 bits per heavy atom. The summed E-state index contributed by atoms with van der Waals surface area (Å²) >= 11 is 0. The van der Waals surface area contributed by atoms with Crippen molar-refractivity contribution >= 4 is 45.5 Å². The van der Waals surface area contributed by atoms with E-state index in [1.807, 2.05) is 20.8 Å². The van der Waals surface area contributed by atoms with Crippen molar-refractivity contribution in [1.82, 2.24) is 14.5 Å². The van der Waals surface area contributed by atoms with Gasteiger partial charge in [0.25, 0.3) is 0 Å². The van der Waals surface area contributed by atoms with Crippen LogP contribution in [0, 0.1) is 28.5 Å². The molecule has 1 aromatic rings. The number of fused-ring (bicyclic) bond motifs is 1. The van der Waals surface area contributed by atoms with Crippen LogP contribution in [0.3, 0.4) is 0 Å². The molecule has 5 atom stereocenters. The minimum Gasteiger partial charge on any atom is -0.460 e. The van der Waals surface area contributed by atoms with Crippen molar-refractivity contribution < 1.29 is 51.0 Å². The van der Waals surface area contributed by atoms with Crippen molar-refractivity contribution in [2.24, 2.45) is 22.7 Å². The Kier molecular flexibility index (Phi) is 12.4. The molecule has 1 N–H and O–H groups in total. The Morgan fingerprint density at radius 3 is 2.36 bits per heavy atom. The number of hydrogen-bond donors (Lipinski definition) is 1. The van der Waals surface area contributed by atoms with E-state index in [4.69, 9.17) is 9.47 Å². The Bertz CT molecular complexity index is 1910. The minimum absolute atomic E-state index is 0.0292. The number of hydrogen-bond acceptors (Lipinski definition) is 10. The van der Waals surface area contributed by atoms with Gasteiger partial charge in [0.05, 0.1) is 36.2 Å². The highest BCUT2D eigenvalue weighted by atomic mass is 32.2. The first-order valence-electron chi connectivity index (χ1n) is 19.2. The van der Waals surface area contributed by atoms with Gasteiger partial charge in [-0.1, -0.05) is 45.1 Å². The number of carbonyl (C=O) groups excluding carboxylic acids is 6. The van der Waals surface area contributed by atoms with E-state index < -0.39 is 98.6 Å². The van der Waals surface area contributed by atoms with E-state index in [1.165, 1.54) is 28.0 Å². The summed E-state index contributed by atoms with van der Waals surface area (Å²) in [5, 5.41) is -0.670. The fraction of sp³-hybridized carbons (Fsp3) is 0.610. The van der Waals surface area contributed by atoms with Gasteiger partial charge < -0.3 is 14.4 Å². The normalized spacial score (nSPS) is 24.0. The lowest BCUT2D eigenvalue weighted by atomic mass is 9.90. The van der Waals surface area contributed by atoms with Gasteiger partial charge in [-0.3, -0.25) is 33.6 Å². The molecule has 1 unspecified atom stereocenters. The van der Waals surface area contributed by atoms with E-state index in [-0.39, 0.29) is 56.5 Å². The number of carbonyl (C=O) groups is 6. The van der Waals surface area contributed by atoms with Gasteiger partial charge in [-0.2, -0.15) is 0 Å². The molecule has 4 aliphatic rings. The number of sulfonamides is 1. The van der Waals surface area contributed by atoms with E-state index in [0.29, 0.717) is 24.0 Å². The molecule has 3 fully saturated rings. The third kappa shape index (κ3) is 10.5. The van der Waals surface area contributed by atoms with Gasteiger partial charge in [-0.25, -0.2) is 17.6 Å². The number of ketones is 2. The van der Waals surface area contributed by atoms with Crippen LogP contribution in [0.2, 0.25) is 0 Å². The van der Waals surface area contributed by atoms with Crippen molar-refractivity contribution in [1.29, 1.82) is 0 Å². The van der Waals surface area contributed by atoms with Crippen LogP contribution in [-0.4, -0.2) is 83.2 Å². The molecule has 2 aliphatic carbocycles. The molecule has 13 nitrogen and oxygen atoms in total. The van der Waals surface area contributed by atoms with Crippen molar-refractivity contribution in [2.75, 3.05) is 6.54 Å². The third-order valence-corrected chi connectivity index (χ3v) is 12.4. The summed E-state index contributed by atoms with van der Waals surface area (Å²) in [4.78, 5) is 84.4. The standard InChI is InChI=1S/C41H54FN3O10S/c1-8-27-20-41(27,37(50)43-56(52,53)30-14-15-30)21-34(47)33-19-29(54-38(51)44-22-26-10-9-11-32(42)31(26)24-44)23-45(33)36(49)25(18-35(48)55-40(5,6)7)12-13-28(46)16-17-39(2,3)4/h8-11,16-17,25,27,29-30,33H,1,12-15,18-24H2,2-7H3,(H,43,50)/b17-16-/t25-,27-,29?,33+,41-/m1/s1. The number of nitrogens with one attached hydrogen (secondary N) is 1. The van der Waals surface area contributed by atoms with Crippen LogP contribution in [-0.2, 0) is 56.6 Å². The summed E-state index contributed by atoms with van der Waals surface area (Å²) in [7, 11) is -3.93. The monoisotopic (exact) mass is 799 g/mol. The van der Waals surface area contributed by atoms with Crippen LogP contribution in [0.15, 0.2) is 43.0 Å². The van der Waals surface area contributed by atoms with E-state index >= 15 is 0 Å². The van der Waals surface area contributed by atoms with Gasteiger partial charge in [-0.15, -0.1) is 6.58 Å². The molecule has 3 amide bonds. The van der Waals surface area contributed by atoms with Gasteiger partial charge in [0.2, 0.25) is 21.8 Å². The molecule has 0 spiro atoms. The van der Waals surface area contributed by atoms with E-state index in [9.17, 15) is 41.6 Å². The Morgan fingerprint density at radius 2 is 1.77 bits per heavy atom. The number of halogens is 1. The summed E-state index contributed by atoms with van der Waals surface area (Å²) < 4.78 is 53.4. The average molecular weight is 800 g/mol. The largest absolute Gasteiger partial charge is 0.460 e. The first-order chi connectivity index (χ1) is 26.0. The van der Waals surface area contributed by atoms with Gasteiger partial charge in [0.1, 0.15) is 17.5 Å². The van der Waals surface area contributed by atoms with Crippen molar-refractivity contribution in [3.8, 4) is 0 Å². The number of ether oxygens (including phenoxy) is 2. The number of likely N-dealkylation sites (tertiary alicyclic amines) is 1. The minimum atomic E-state index is -3.93. The third-order valence-electron chi connectivity index (χ3n) is 10.6. The Labute approximate surface area is 328 Å². The molecule has 0 radical (unpaired) electrons. The summed E-state index contributed by atoms with van der Waals surface area (Å²) in [5.74, 6) is -5.00. The quantitative estimate of drug-likeness (QED) is 0.139. The van der Waals surface area contributed by atoms with E-state index in [1.54, 1.807) is 39.0 Å². The smallest absolute Gasteiger partial charge is 0.410 e. The topological polar surface area (TPSA) is 174 Å². The number of Topliss-reactive ketones (excluding diaryl/α,β-unsaturated/α-hetero) is 1. The SMILES string of the molecule is C=C[C@@H]1C[C@]1(CC(=O)[C@@H]1CC(OC(=O)N2Cc3cccc(F)c3C2)CN1C(=O)[C@H](CCC(=O)/C=C\C(C)(C)C)CC(=O)OC(C)(C)C)C(=O)NS(=O)(=O)C1CC1. The van der Waals surface area contributed by atoms with Gasteiger partial charge in [-0.05, 0) is 75.5 Å². The zero-order chi connectivity index (χ0) is 41.4. The number of benzene rings is 1. The van der Waals surface area contributed by atoms with Gasteiger partial charge >= 0.3 is 12.1 Å². The van der Waals surface area contributed by atoms with Crippen LogP contribution in [0.4, 0.5) is 9.18 Å². The lowest BCUT2D eigenvalue weighted by molar-refractivity contribution is -0.159. The van der Waals surface area contributed by atoms with E-state index in [2.05, 4.69) is 11.3 Å². The Balaban J connectivity index is 1.39. The summed E-state index contributed by atoms with van der Waals surface area (Å²) in [6, 6.07) is 3.34. The maximum Gasteiger partial charge on any atom is 0.410 e. The summed E-state index contributed by atoms with van der Waals surface area (Å²) in [6.45, 7) is 14.4. The maximum atomic E-state index is 14.5. The second kappa shape index (κ2) is 16.2. The molecule has 56 heavy (non-hydrogen) atoms. The number of amides is 3. The second-order valence-electron chi connectivity index (χ2n) is 17.7. The van der Waals surface area contributed by atoms with Gasteiger partial charge in [0.15, 0.2) is 11.6 Å². The molecule has 2 saturated carbocycles. The molecule has 5 rings (SSSR count). The second-order valence-corrected chi connectivity index (χ2v) is 19.7. The summed E-state index contributed by atoms with van der Waals surface area (Å²) in [6.07, 6.45) is 2.86. The number of rotatable bonds is 15. The maximum absolute atomic E-state index is 14.5. The zero-order valence-electron chi connectivity index (χ0n) is 33.1. The molecular weight excluding hydrogens is 746 g/mol. The summed E-state index contributed by atoms with van der Waals surface area (Å²) in [5.41, 5.74) is -1.55. The average Bonchev–Trinajstić information content (AvgIpc) is 3.98. The molecule has 306 valence electrons. The van der Waals surface area contributed by atoms with Crippen LogP contribution < -0.4 is 4.72 Å². The van der Waals surface area contributed by atoms with Gasteiger partial charge in [0, 0.05) is 37.3 Å². The number of esters is 1. The molecule has 2 heterocycles. The predicted molar refractivity (Wildman–Crippen MR) is 203 cm³/mol. The molecule has 15 heteroatoms. The molecule has 1 aromatic carbocycles. The highest BCUT2D eigenvalue weighted by Crippen LogP contribution is 2.57. The van der Waals surface area contributed by atoms with E-state index in [0.717, 1.165) is 0 Å². The van der Waals surface area contributed by atoms with Crippen molar-refractivity contribution in [3.63, 3.8) is 0 Å². The fourth-order valence-corrected chi connectivity index (χ4v) is 8.73. The van der Waals surface area contributed by atoms with Crippen molar-refractivity contribution in [3.05, 3.63) is 60.0 Å². The fourth-order valence-electron chi connectivity index (χ4n) is 7.34. The van der Waals surface area contributed by atoms with Crippen LogP contribution in [0.1, 0.15) is 104 Å². The molecule has 0 bridgehead atoms. The van der Waals surface area contributed by atoms with Crippen molar-refractivity contribution in [2.45, 2.75) is 129 Å². The predicted octanol–water partition coefficient (Wildman–Crippen LogP) is 5.31. The molecule has 0 aromatic heterocycles. The highest BCUT2D eigenvalue weighted by molar-refractivity contribution is 7.90. The van der Waals surface area contributed by atoms with Crippen LogP contribution in [0.5, 0.6) is 0 Å². The zero-order valence-corrected chi connectivity index (χ0v) is 33.9. The first-order valence-corrected chi connectivity index (χ1v) is 20.7. The number of allylic oxidation sites excluding steroid dienone is 3. The lowest BCUT2D eigenvalue weighted by Gasteiger charge is -2.29. The Hall–Kier alpha value is -4.40. The molecular formula is C41H54FN3O10S. The number of nitrogens with zero attached hydrogens (tertiary/aromatic N) is 2. The van der Waals surface area contributed by atoms with Crippen LogP contribution in [0.25, 0.3) is 0 Å². The highest BCUT2D eigenvalue weighted by Gasteiger charge is 2.61.